The fraction of sp³-hybridized carbons (Fsp3) is 0.111. The maximum Gasteiger partial charge on any atom is 0.137 e. The minimum Gasteiger partial charge on any atom is -0.249 e. The van der Waals surface area contributed by atoms with Gasteiger partial charge in [-0.15, -0.1) is 0 Å². The van der Waals surface area contributed by atoms with Gasteiger partial charge >= 0.3 is 0 Å². The number of rotatable bonds is 2. The van der Waals surface area contributed by atoms with Crippen molar-refractivity contribution in [2.24, 2.45) is 0 Å². The third-order valence-electron chi connectivity index (χ3n) is 1.81. The van der Waals surface area contributed by atoms with Gasteiger partial charge in [0.05, 0.1) is 6.54 Å². The summed E-state index contributed by atoms with van der Waals surface area (Å²) in [6.45, 7) is 0.607. The van der Waals surface area contributed by atoms with Crippen molar-refractivity contribution in [3.8, 4) is 0 Å². The molecule has 1 aromatic carbocycles. The Morgan fingerprint density at radius 1 is 1.29 bits per heavy atom. The fourth-order valence-electron chi connectivity index (χ4n) is 1.14. The van der Waals surface area contributed by atoms with E-state index in [1.54, 1.807) is 23.1 Å². The normalized spacial score (nSPS) is 10.4. The molecule has 0 saturated carbocycles. The minimum atomic E-state index is 0.607. The van der Waals surface area contributed by atoms with E-state index in [0.29, 0.717) is 16.6 Å². The molecule has 0 amide bonds. The lowest BCUT2D eigenvalue weighted by molar-refractivity contribution is 0.685. The van der Waals surface area contributed by atoms with Gasteiger partial charge in [-0.05, 0) is 17.7 Å². The molecule has 0 saturated heterocycles. The first-order chi connectivity index (χ1) is 6.75. The molecule has 0 unspecified atom stereocenters. The third kappa shape index (κ3) is 2.05. The molecule has 0 aliphatic heterocycles. The lowest BCUT2D eigenvalue weighted by Gasteiger charge is -2.03. The van der Waals surface area contributed by atoms with Crippen molar-refractivity contribution in [1.82, 2.24) is 14.8 Å². The molecule has 1 aromatic heterocycles. The second-order valence-electron chi connectivity index (χ2n) is 2.83. The SMILES string of the molecule is Clc1ccc(Cn2cncn2)c(Cl)c1. The van der Waals surface area contributed by atoms with Gasteiger partial charge in [0.1, 0.15) is 12.7 Å². The van der Waals surface area contributed by atoms with Crippen LogP contribution in [0.15, 0.2) is 30.9 Å². The summed E-state index contributed by atoms with van der Waals surface area (Å²) in [5, 5.41) is 5.27. The van der Waals surface area contributed by atoms with Crippen LogP contribution in [-0.4, -0.2) is 14.8 Å². The van der Waals surface area contributed by atoms with Crippen LogP contribution in [0.3, 0.4) is 0 Å². The van der Waals surface area contributed by atoms with Crippen LogP contribution < -0.4 is 0 Å². The summed E-state index contributed by atoms with van der Waals surface area (Å²) < 4.78 is 1.70. The molecule has 1 heterocycles. The number of hydrogen-bond donors (Lipinski definition) is 0. The van der Waals surface area contributed by atoms with Crippen LogP contribution in [0.1, 0.15) is 5.56 Å². The van der Waals surface area contributed by atoms with E-state index in [1.165, 1.54) is 6.33 Å². The maximum atomic E-state index is 6.00. The van der Waals surface area contributed by atoms with E-state index in [4.69, 9.17) is 23.2 Å². The smallest absolute Gasteiger partial charge is 0.137 e. The van der Waals surface area contributed by atoms with E-state index in [0.717, 1.165) is 5.56 Å². The largest absolute Gasteiger partial charge is 0.249 e. The van der Waals surface area contributed by atoms with Crippen LogP contribution >= 0.6 is 23.2 Å². The van der Waals surface area contributed by atoms with Gasteiger partial charge < -0.3 is 0 Å². The van der Waals surface area contributed by atoms with Gasteiger partial charge in [-0.3, -0.25) is 0 Å². The highest BCUT2D eigenvalue weighted by Crippen LogP contribution is 2.21. The summed E-state index contributed by atoms with van der Waals surface area (Å²) in [5.74, 6) is 0. The Bertz CT molecular complexity index is 426. The summed E-state index contributed by atoms with van der Waals surface area (Å²) in [4.78, 5) is 3.85. The second-order valence-corrected chi connectivity index (χ2v) is 3.67. The summed E-state index contributed by atoms with van der Waals surface area (Å²) >= 11 is 11.8. The van der Waals surface area contributed by atoms with Gasteiger partial charge in [-0.2, -0.15) is 5.10 Å². The molecule has 0 bridgehead atoms. The Hall–Kier alpha value is -1.06. The molecule has 0 spiro atoms. The van der Waals surface area contributed by atoms with Gasteiger partial charge in [-0.1, -0.05) is 29.3 Å². The Labute approximate surface area is 91.3 Å². The molecule has 5 heteroatoms. The van der Waals surface area contributed by atoms with Gasteiger partial charge in [0.2, 0.25) is 0 Å². The fourth-order valence-corrected chi connectivity index (χ4v) is 1.61. The van der Waals surface area contributed by atoms with Crippen LogP contribution in [-0.2, 0) is 6.54 Å². The zero-order chi connectivity index (χ0) is 9.97. The van der Waals surface area contributed by atoms with Crippen molar-refractivity contribution in [1.29, 1.82) is 0 Å². The Balaban J connectivity index is 2.25. The van der Waals surface area contributed by atoms with Crippen LogP contribution in [0.4, 0.5) is 0 Å². The van der Waals surface area contributed by atoms with E-state index < -0.39 is 0 Å². The monoisotopic (exact) mass is 227 g/mol. The first-order valence-electron chi connectivity index (χ1n) is 4.02. The molecule has 2 rings (SSSR count). The van der Waals surface area contributed by atoms with Crippen molar-refractivity contribution in [3.63, 3.8) is 0 Å². The van der Waals surface area contributed by atoms with E-state index in [1.807, 2.05) is 6.07 Å². The van der Waals surface area contributed by atoms with E-state index in [-0.39, 0.29) is 0 Å². The molecule has 3 nitrogen and oxygen atoms in total. The van der Waals surface area contributed by atoms with Crippen LogP contribution in [0, 0.1) is 0 Å². The Morgan fingerprint density at radius 2 is 2.14 bits per heavy atom. The molecule has 72 valence electrons. The van der Waals surface area contributed by atoms with Gasteiger partial charge in [0, 0.05) is 10.0 Å². The van der Waals surface area contributed by atoms with Crippen molar-refractivity contribution in [2.75, 3.05) is 0 Å². The summed E-state index contributed by atoms with van der Waals surface area (Å²) in [7, 11) is 0. The van der Waals surface area contributed by atoms with Crippen LogP contribution in [0.5, 0.6) is 0 Å². The first-order valence-corrected chi connectivity index (χ1v) is 4.77. The van der Waals surface area contributed by atoms with E-state index in [2.05, 4.69) is 10.1 Å². The van der Waals surface area contributed by atoms with E-state index >= 15 is 0 Å². The highest BCUT2D eigenvalue weighted by molar-refractivity contribution is 6.35. The molecule has 0 aliphatic carbocycles. The quantitative estimate of drug-likeness (QED) is 0.790. The van der Waals surface area contributed by atoms with Gasteiger partial charge in [-0.25, -0.2) is 9.67 Å². The lowest BCUT2D eigenvalue weighted by Crippen LogP contribution is -2.00. The second kappa shape index (κ2) is 3.98. The average Bonchev–Trinajstić information content (AvgIpc) is 2.62. The maximum absolute atomic E-state index is 6.00. The zero-order valence-electron chi connectivity index (χ0n) is 7.19. The topological polar surface area (TPSA) is 30.7 Å². The number of hydrogen-bond acceptors (Lipinski definition) is 2. The van der Waals surface area contributed by atoms with Crippen molar-refractivity contribution in [3.05, 3.63) is 46.5 Å². The molecule has 2 aromatic rings. The Kier molecular flexibility index (Phi) is 2.70. The standard InChI is InChI=1S/C9H7Cl2N3/c10-8-2-1-7(9(11)3-8)4-14-6-12-5-13-14/h1-3,5-6H,4H2. The molecule has 0 aliphatic rings. The lowest BCUT2D eigenvalue weighted by atomic mass is 10.2. The number of nitrogens with zero attached hydrogens (tertiary/aromatic N) is 3. The highest BCUT2D eigenvalue weighted by atomic mass is 35.5. The molecule has 0 fully saturated rings. The number of halogens is 2. The van der Waals surface area contributed by atoms with Crippen molar-refractivity contribution in [2.45, 2.75) is 6.54 Å². The number of benzene rings is 1. The Morgan fingerprint density at radius 3 is 2.79 bits per heavy atom. The van der Waals surface area contributed by atoms with Crippen molar-refractivity contribution < 1.29 is 0 Å². The first kappa shape index (κ1) is 9.49. The minimum absolute atomic E-state index is 0.607. The zero-order valence-corrected chi connectivity index (χ0v) is 8.70. The third-order valence-corrected chi connectivity index (χ3v) is 2.40. The summed E-state index contributed by atoms with van der Waals surface area (Å²) in [6.07, 6.45) is 3.13. The molecule has 0 radical (unpaired) electrons. The number of aromatic nitrogens is 3. The average molecular weight is 228 g/mol. The van der Waals surface area contributed by atoms with Crippen molar-refractivity contribution >= 4 is 23.2 Å². The molecule has 0 atom stereocenters. The highest BCUT2D eigenvalue weighted by Gasteiger charge is 2.02. The molecular formula is C9H7Cl2N3. The van der Waals surface area contributed by atoms with Crippen LogP contribution in [0.25, 0.3) is 0 Å². The summed E-state index contributed by atoms with van der Waals surface area (Å²) in [6, 6.07) is 5.40. The van der Waals surface area contributed by atoms with E-state index in [9.17, 15) is 0 Å². The molecular weight excluding hydrogens is 221 g/mol. The van der Waals surface area contributed by atoms with Gasteiger partial charge in [0.15, 0.2) is 0 Å². The molecule has 14 heavy (non-hydrogen) atoms. The molecule has 0 N–H and O–H groups in total. The predicted molar refractivity (Wildman–Crippen MR) is 55.6 cm³/mol. The predicted octanol–water partition coefficient (Wildman–Crippen LogP) is 2.63. The van der Waals surface area contributed by atoms with Crippen LogP contribution in [0.2, 0.25) is 10.0 Å². The summed E-state index contributed by atoms with van der Waals surface area (Å²) in [5.41, 5.74) is 0.974. The van der Waals surface area contributed by atoms with Gasteiger partial charge in [0.25, 0.3) is 0 Å².